The van der Waals surface area contributed by atoms with E-state index in [1.165, 1.54) is 12.8 Å². The van der Waals surface area contributed by atoms with Crippen molar-refractivity contribution in [1.29, 1.82) is 0 Å². The number of benzene rings is 1. The van der Waals surface area contributed by atoms with Gasteiger partial charge < -0.3 is 4.57 Å². The van der Waals surface area contributed by atoms with Gasteiger partial charge in [0.25, 0.3) is 0 Å². The van der Waals surface area contributed by atoms with Crippen LogP contribution in [-0.4, -0.2) is 60.7 Å². The molecule has 1 aromatic heterocycles. The molecule has 1 aromatic carbocycles. The van der Waals surface area contributed by atoms with E-state index in [2.05, 4.69) is 16.4 Å². The van der Waals surface area contributed by atoms with E-state index < -0.39 is 10.0 Å². The van der Waals surface area contributed by atoms with E-state index in [4.69, 9.17) is 0 Å². The van der Waals surface area contributed by atoms with Gasteiger partial charge in [0.05, 0.1) is 12.3 Å². The number of sulfonamides is 1. The quantitative estimate of drug-likeness (QED) is 0.635. The maximum Gasteiger partial charge on any atom is 0.218 e. The van der Waals surface area contributed by atoms with Crippen molar-refractivity contribution >= 4 is 15.8 Å². The van der Waals surface area contributed by atoms with E-state index in [-0.39, 0.29) is 11.5 Å². The number of hydrogen-bond donors (Lipinski definition) is 0. The highest BCUT2D eigenvalue weighted by Gasteiger charge is 2.30. The Morgan fingerprint density at radius 2 is 1.73 bits per heavy atom. The number of rotatable bonds is 7. The van der Waals surface area contributed by atoms with E-state index in [0.717, 1.165) is 28.1 Å². The van der Waals surface area contributed by atoms with Gasteiger partial charge in [0.2, 0.25) is 10.0 Å². The predicted octanol–water partition coefficient (Wildman–Crippen LogP) is 3.08. The third-order valence-corrected chi connectivity index (χ3v) is 8.07. The van der Waals surface area contributed by atoms with Crippen molar-refractivity contribution in [1.82, 2.24) is 13.8 Å². The van der Waals surface area contributed by atoms with Gasteiger partial charge in [0.1, 0.15) is 0 Å². The van der Waals surface area contributed by atoms with Crippen molar-refractivity contribution in [3.05, 3.63) is 58.4 Å². The number of carbonyl (C=O) groups is 1. The Morgan fingerprint density at radius 1 is 1.03 bits per heavy atom. The van der Waals surface area contributed by atoms with E-state index in [9.17, 15) is 13.2 Å². The lowest BCUT2D eigenvalue weighted by Crippen LogP contribution is -2.50. The Bertz CT molecular complexity index is 1050. The largest absolute Gasteiger partial charge is 0.345 e. The van der Waals surface area contributed by atoms with Crippen molar-refractivity contribution < 1.29 is 13.2 Å². The second-order valence-electron chi connectivity index (χ2n) is 8.73. The van der Waals surface area contributed by atoms with Gasteiger partial charge in [-0.15, -0.1) is 0 Å². The van der Waals surface area contributed by atoms with Gasteiger partial charge in [-0.3, -0.25) is 9.69 Å². The molecular weight excluding hydrogens is 398 g/mol. The standard InChI is InChI=1S/C23H31N3O3S/c1-17-5-4-6-20(13-17)16-30(28,29)25-11-9-24(10-12-25)15-23(27)22-14-18(2)26(19(22)3)21-7-8-21/h4-6,13-14,21H,7-12,15-16H2,1-3H3. The maximum absolute atomic E-state index is 12.9. The molecule has 0 radical (unpaired) electrons. The van der Waals surface area contributed by atoms with Crippen LogP contribution in [0.15, 0.2) is 30.3 Å². The first-order valence-corrected chi connectivity index (χ1v) is 12.3. The van der Waals surface area contributed by atoms with Gasteiger partial charge >= 0.3 is 0 Å². The summed E-state index contributed by atoms with van der Waals surface area (Å²) in [5, 5.41) is 0. The molecule has 4 rings (SSSR count). The molecule has 6 nitrogen and oxygen atoms in total. The molecule has 0 amide bonds. The van der Waals surface area contributed by atoms with E-state index in [0.29, 0.717) is 38.8 Å². The molecule has 0 atom stereocenters. The molecule has 1 saturated carbocycles. The lowest BCUT2D eigenvalue weighted by atomic mass is 10.1. The van der Waals surface area contributed by atoms with Crippen LogP contribution in [0.25, 0.3) is 0 Å². The van der Waals surface area contributed by atoms with Crippen LogP contribution in [0, 0.1) is 20.8 Å². The third kappa shape index (κ3) is 4.53. The van der Waals surface area contributed by atoms with Gasteiger partial charge in [-0.05, 0) is 45.2 Å². The second-order valence-corrected chi connectivity index (χ2v) is 10.7. The summed E-state index contributed by atoms with van der Waals surface area (Å²) < 4.78 is 29.5. The first-order chi connectivity index (χ1) is 14.2. The molecule has 2 fully saturated rings. The van der Waals surface area contributed by atoms with Crippen molar-refractivity contribution in [2.24, 2.45) is 0 Å². The van der Waals surface area contributed by atoms with Crippen LogP contribution >= 0.6 is 0 Å². The normalized spacial score (nSPS) is 18.6. The number of piperazine rings is 1. The molecule has 2 heterocycles. The predicted molar refractivity (Wildman–Crippen MR) is 118 cm³/mol. The highest BCUT2D eigenvalue weighted by Crippen LogP contribution is 2.38. The summed E-state index contributed by atoms with van der Waals surface area (Å²) in [5.74, 6) is 0.159. The van der Waals surface area contributed by atoms with Crippen LogP contribution < -0.4 is 0 Å². The number of aromatic nitrogens is 1. The molecule has 7 heteroatoms. The Kier molecular flexibility index (Phi) is 5.88. The van der Waals surface area contributed by atoms with E-state index >= 15 is 0 Å². The molecule has 0 N–H and O–H groups in total. The molecule has 1 aliphatic carbocycles. The summed E-state index contributed by atoms with van der Waals surface area (Å²) in [6.45, 7) is 8.45. The summed E-state index contributed by atoms with van der Waals surface area (Å²) in [6.07, 6.45) is 2.39. The van der Waals surface area contributed by atoms with Crippen LogP contribution in [-0.2, 0) is 15.8 Å². The first kappa shape index (κ1) is 21.3. The lowest BCUT2D eigenvalue weighted by Gasteiger charge is -2.33. The number of Topliss-reactive ketones (excluding diaryl/α,β-unsaturated/α-hetero) is 1. The zero-order valence-electron chi connectivity index (χ0n) is 18.1. The first-order valence-electron chi connectivity index (χ1n) is 10.7. The minimum atomic E-state index is -3.35. The average molecular weight is 430 g/mol. The summed E-state index contributed by atoms with van der Waals surface area (Å²) in [7, 11) is -3.35. The lowest BCUT2D eigenvalue weighted by molar-refractivity contribution is 0.0901. The molecule has 0 spiro atoms. The number of hydrogen-bond acceptors (Lipinski definition) is 4. The summed E-state index contributed by atoms with van der Waals surface area (Å²) in [5.41, 5.74) is 4.92. The van der Waals surface area contributed by atoms with Crippen molar-refractivity contribution in [2.45, 2.75) is 45.4 Å². The Hall–Kier alpha value is -1.96. The van der Waals surface area contributed by atoms with Gasteiger partial charge in [-0.1, -0.05) is 29.8 Å². The summed E-state index contributed by atoms with van der Waals surface area (Å²) in [6, 6.07) is 10.2. The highest BCUT2D eigenvalue weighted by atomic mass is 32.2. The third-order valence-electron chi connectivity index (χ3n) is 6.22. The van der Waals surface area contributed by atoms with Gasteiger partial charge in [0, 0.05) is 49.2 Å². The van der Waals surface area contributed by atoms with Crippen LogP contribution in [0.1, 0.15) is 51.8 Å². The Morgan fingerprint density at radius 3 is 2.37 bits per heavy atom. The van der Waals surface area contributed by atoms with Crippen molar-refractivity contribution in [3.63, 3.8) is 0 Å². The number of carbonyl (C=O) groups excluding carboxylic acids is 1. The molecule has 2 aliphatic rings. The number of aryl methyl sites for hydroxylation is 2. The zero-order valence-corrected chi connectivity index (χ0v) is 18.9. The fourth-order valence-corrected chi connectivity index (χ4v) is 6.01. The topological polar surface area (TPSA) is 62.6 Å². The Balaban J connectivity index is 1.34. The SMILES string of the molecule is Cc1cccc(CS(=O)(=O)N2CCN(CC(=O)c3cc(C)n(C4CC4)c3C)CC2)c1. The number of nitrogens with zero attached hydrogens (tertiary/aromatic N) is 3. The van der Waals surface area contributed by atoms with Crippen LogP contribution in [0.5, 0.6) is 0 Å². The summed E-state index contributed by atoms with van der Waals surface area (Å²) in [4.78, 5) is 15.0. The molecular formula is C23H31N3O3S. The fraction of sp³-hybridized carbons (Fsp3) is 0.522. The maximum atomic E-state index is 12.9. The second kappa shape index (κ2) is 8.29. The minimum absolute atomic E-state index is 0.0285. The van der Waals surface area contributed by atoms with Crippen LogP contribution in [0.2, 0.25) is 0 Å². The molecule has 1 aliphatic heterocycles. The molecule has 30 heavy (non-hydrogen) atoms. The minimum Gasteiger partial charge on any atom is -0.345 e. The average Bonchev–Trinajstić information content (AvgIpc) is 3.46. The number of ketones is 1. The van der Waals surface area contributed by atoms with Crippen molar-refractivity contribution in [2.75, 3.05) is 32.7 Å². The fourth-order valence-electron chi connectivity index (χ4n) is 4.51. The van der Waals surface area contributed by atoms with E-state index in [1.54, 1.807) is 4.31 Å². The monoisotopic (exact) mass is 429 g/mol. The van der Waals surface area contributed by atoms with Gasteiger partial charge in [-0.25, -0.2) is 8.42 Å². The summed E-state index contributed by atoms with van der Waals surface area (Å²) >= 11 is 0. The molecule has 162 valence electrons. The molecule has 0 unspecified atom stereocenters. The van der Waals surface area contributed by atoms with E-state index in [1.807, 2.05) is 44.2 Å². The van der Waals surface area contributed by atoms with Crippen LogP contribution in [0.4, 0.5) is 0 Å². The Labute approximate surface area is 179 Å². The smallest absolute Gasteiger partial charge is 0.218 e. The highest BCUT2D eigenvalue weighted by molar-refractivity contribution is 7.88. The molecule has 2 aromatic rings. The van der Waals surface area contributed by atoms with Crippen LogP contribution in [0.3, 0.4) is 0 Å². The zero-order chi connectivity index (χ0) is 21.5. The molecule has 1 saturated heterocycles. The van der Waals surface area contributed by atoms with Gasteiger partial charge in [0.15, 0.2) is 5.78 Å². The van der Waals surface area contributed by atoms with Gasteiger partial charge in [-0.2, -0.15) is 4.31 Å². The molecule has 0 bridgehead atoms. The van der Waals surface area contributed by atoms with Crippen molar-refractivity contribution in [3.8, 4) is 0 Å².